The van der Waals surface area contributed by atoms with Gasteiger partial charge in [-0.1, -0.05) is 60.9 Å². The first-order valence-corrected chi connectivity index (χ1v) is 15.4. The molecular formula is C32H38FN3O4S. The third-order valence-corrected chi connectivity index (χ3v) is 9.46. The number of anilines is 1. The summed E-state index contributed by atoms with van der Waals surface area (Å²) in [5.41, 5.74) is 3.01. The Morgan fingerprint density at radius 3 is 2.24 bits per heavy atom. The van der Waals surface area contributed by atoms with Crippen molar-refractivity contribution in [3.8, 4) is 0 Å². The summed E-state index contributed by atoms with van der Waals surface area (Å²) < 4.78 is 43.9. The Hall–Kier alpha value is -3.72. The number of hydrogen-bond acceptors (Lipinski definition) is 4. The standard InChI is InChI=1S/C32H38FN3O4S/c1-22-14-17-28(18-15-22)41(39,40)36(30-19-23(2)13-16-24(30)3)21-31(37)35(20-26-9-5-8-12-29(26)33)25(4)32(38)34-27-10-6-7-11-27/h5,8-9,12-19,25,27H,6-7,10-11,20-21H2,1-4H3,(H,34,38). The van der Waals surface area contributed by atoms with E-state index in [2.05, 4.69) is 5.32 Å². The number of rotatable bonds is 10. The molecule has 3 aromatic carbocycles. The lowest BCUT2D eigenvalue weighted by Crippen LogP contribution is -2.52. The number of carbonyl (C=O) groups is 2. The van der Waals surface area contributed by atoms with Gasteiger partial charge in [-0.05, 0) is 75.9 Å². The summed E-state index contributed by atoms with van der Waals surface area (Å²) in [6, 6.07) is 17.0. The number of carbonyl (C=O) groups excluding carboxylic acids is 2. The highest BCUT2D eigenvalue weighted by Gasteiger charge is 2.34. The third kappa shape index (κ3) is 7.14. The normalized spacial score (nSPS) is 14.5. The molecule has 0 saturated heterocycles. The molecule has 0 aliphatic heterocycles. The van der Waals surface area contributed by atoms with Gasteiger partial charge in [0.25, 0.3) is 10.0 Å². The molecule has 1 unspecified atom stereocenters. The van der Waals surface area contributed by atoms with E-state index in [1.54, 1.807) is 50.2 Å². The van der Waals surface area contributed by atoms with Gasteiger partial charge in [0.2, 0.25) is 11.8 Å². The average Bonchev–Trinajstić information content (AvgIpc) is 3.45. The SMILES string of the molecule is Cc1ccc(S(=O)(=O)N(CC(=O)N(Cc2ccccc2F)C(C)C(=O)NC2CCCC2)c2cc(C)ccc2C)cc1. The molecule has 0 bridgehead atoms. The van der Waals surface area contributed by atoms with Crippen LogP contribution in [0.1, 0.15) is 54.9 Å². The van der Waals surface area contributed by atoms with Crippen molar-refractivity contribution in [1.29, 1.82) is 0 Å². The fourth-order valence-corrected chi connectivity index (χ4v) is 6.59. The highest BCUT2D eigenvalue weighted by molar-refractivity contribution is 7.92. The molecule has 9 heteroatoms. The summed E-state index contributed by atoms with van der Waals surface area (Å²) in [4.78, 5) is 28.7. The first-order valence-electron chi connectivity index (χ1n) is 14.0. The van der Waals surface area contributed by atoms with Gasteiger partial charge >= 0.3 is 0 Å². The van der Waals surface area contributed by atoms with Crippen LogP contribution in [-0.4, -0.2) is 43.8 Å². The first kappa shape index (κ1) is 30.2. The predicted octanol–water partition coefficient (Wildman–Crippen LogP) is 5.42. The number of nitrogens with one attached hydrogen (secondary N) is 1. The lowest BCUT2D eigenvalue weighted by molar-refractivity contribution is -0.139. The van der Waals surface area contributed by atoms with Crippen molar-refractivity contribution in [2.75, 3.05) is 10.8 Å². The number of nitrogens with zero attached hydrogens (tertiary/aromatic N) is 2. The maximum absolute atomic E-state index is 14.7. The van der Waals surface area contributed by atoms with Crippen LogP contribution >= 0.6 is 0 Å². The third-order valence-electron chi connectivity index (χ3n) is 7.69. The minimum atomic E-state index is -4.17. The zero-order valence-electron chi connectivity index (χ0n) is 24.1. The molecule has 4 rings (SSSR count). The van der Waals surface area contributed by atoms with Crippen LogP contribution in [0.25, 0.3) is 0 Å². The summed E-state index contributed by atoms with van der Waals surface area (Å²) in [5.74, 6) is -1.47. The topological polar surface area (TPSA) is 86.8 Å². The number of amides is 2. The molecule has 1 fully saturated rings. The first-order chi connectivity index (χ1) is 19.5. The largest absolute Gasteiger partial charge is 0.352 e. The van der Waals surface area contributed by atoms with Crippen LogP contribution in [0.2, 0.25) is 0 Å². The molecule has 1 saturated carbocycles. The van der Waals surface area contributed by atoms with Gasteiger partial charge in [-0.15, -0.1) is 0 Å². The van der Waals surface area contributed by atoms with Crippen LogP contribution in [-0.2, 0) is 26.2 Å². The zero-order chi connectivity index (χ0) is 29.7. The predicted molar refractivity (Wildman–Crippen MR) is 158 cm³/mol. The monoisotopic (exact) mass is 579 g/mol. The second-order valence-electron chi connectivity index (χ2n) is 10.9. The minimum Gasteiger partial charge on any atom is -0.352 e. The van der Waals surface area contributed by atoms with Gasteiger partial charge < -0.3 is 10.2 Å². The molecule has 0 spiro atoms. The molecule has 218 valence electrons. The van der Waals surface area contributed by atoms with Crippen molar-refractivity contribution in [3.63, 3.8) is 0 Å². The van der Waals surface area contributed by atoms with E-state index in [0.29, 0.717) is 11.3 Å². The van der Waals surface area contributed by atoms with E-state index in [-0.39, 0.29) is 29.0 Å². The fourth-order valence-electron chi connectivity index (χ4n) is 5.12. The Morgan fingerprint density at radius 2 is 1.59 bits per heavy atom. The summed E-state index contributed by atoms with van der Waals surface area (Å²) in [6.07, 6.45) is 3.79. The van der Waals surface area contributed by atoms with Crippen LogP contribution in [0.4, 0.5) is 10.1 Å². The van der Waals surface area contributed by atoms with Crippen LogP contribution in [0, 0.1) is 26.6 Å². The van der Waals surface area contributed by atoms with Crippen LogP contribution in [0.5, 0.6) is 0 Å². The van der Waals surface area contributed by atoms with E-state index in [9.17, 15) is 22.4 Å². The number of hydrogen-bond donors (Lipinski definition) is 1. The van der Waals surface area contributed by atoms with Gasteiger partial charge in [0.15, 0.2) is 0 Å². The van der Waals surface area contributed by atoms with Crippen molar-refractivity contribution in [1.82, 2.24) is 10.2 Å². The maximum atomic E-state index is 14.7. The van der Waals surface area contributed by atoms with E-state index in [4.69, 9.17) is 0 Å². The molecular weight excluding hydrogens is 541 g/mol. The Bertz CT molecular complexity index is 1500. The quantitative estimate of drug-likeness (QED) is 0.348. The van der Waals surface area contributed by atoms with Gasteiger partial charge in [0.1, 0.15) is 18.4 Å². The molecule has 1 aliphatic rings. The van der Waals surface area contributed by atoms with Gasteiger partial charge in [-0.25, -0.2) is 12.8 Å². The summed E-state index contributed by atoms with van der Waals surface area (Å²) in [7, 11) is -4.17. The maximum Gasteiger partial charge on any atom is 0.264 e. The van der Waals surface area contributed by atoms with Crippen molar-refractivity contribution >= 4 is 27.5 Å². The van der Waals surface area contributed by atoms with Gasteiger partial charge in [-0.3, -0.25) is 13.9 Å². The number of aryl methyl sites for hydroxylation is 3. The molecule has 0 radical (unpaired) electrons. The van der Waals surface area contributed by atoms with Crippen LogP contribution < -0.4 is 9.62 Å². The number of sulfonamides is 1. The summed E-state index contributed by atoms with van der Waals surface area (Å²) >= 11 is 0. The highest BCUT2D eigenvalue weighted by Crippen LogP contribution is 2.29. The van der Waals surface area contributed by atoms with Gasteiger partial charge in [-0.2, -0.15) is 0 Å². The molecule has 0 aromatic heterocycles. The lowest BCUT2D eigenvalue weighted by atomic mass is 10.1. The number of halogens is 1. The smallest absolute Gasteiger partial charge is 0.264 e. The minimum absolute atomic E-state index is 0.0312. The molecule has 41 heavy (non-hydrogen) atoms. The Morgan fingerprint density at radius 1 is 0.951 bits per heavy atom. The molecule has 7 nitrogen and oxygen atoms in total. The van der Waals surface area contributed by atoms with Crippen molar-refractivity contribution in [2.24, 2.45) is 0 Å². The molecule has 2 amide bonds. The van der Waals surface area contributed by atoms with E-state index < -0.39 is 34.3 Å². The number of benzene rings is 3. The van der Waals surface area contributed by atoms with E-state index >= 15 is 0 Å². The Balaban J connectivity index is 1.73. The second-order valence-corrected chi connectivity index (χ2v) is 12.8. The fraction of sp³-hybridized carbons (Fsp3) is 0.375. The lowest BCUT2D eigenvalue weighted by Gasteiger charge is -2.33. The molecule has 1 aliphatic carbocycles. The Labute approximate surface area is 242 Å². The van der Waals surface area contributed by atoms with E-state index in [1.165, 1.54) is 23.1 Å². The van der Waals surface area contributed by atoms with Crippen LogP contribution in [0.15, 0.2) is 71.6 Å². The summed E-state index contributed by atoms with van der Waals surface area (Å²) in [5, 5.41) is 3.02. The van der Waals surface area contributed by atoms with E-state index in [0.717, 1.165) is 41.1 Å². The molecule has 0 heterocycles. The van der Waals surface area contributed by atoms with Gasteiger partial charge in [0, 0.05) is 18.2 Å². The summed E-state index contributed by atoms with van der Waals surface area (Å²) in [6.45, 7) is 6.35. The van der Waals surface area contributed by atoms with Crippen molar-refractivity contribution < 1.29 is 22.4 Å². The van der Waals surface area contributed by atoms with Crippen LogP contribution in [0.3, 0.4) is 0 Å². The van der Waals surface area contributed by atoms with E-state index in [1.807, 2.05) is 26.0 Å². The zero-order valence-corrected chi connectivity index (χ0v) is 24.9. The van der Waals surface area contributed by atoms with Gasteiger partial charge in [0.05, 0.1) is 10.6 Å². The molecule has 1 atom stereocenters. The van der Waals surface area contributed by atoms with Crippen molar-refractivity contribution in [3.05, 3.63) is 94.8 Å². The molecule has 3 aromatic rings. The Kier molecular flexibility index (Phi) is 9.48. The highest BCUT2D eigenvalue weighted by atomic mass is 32.2. The molecule has 1 N–H and O–H groups in total. The average molecular weight is 580 g/mol. The second kappa shape index (κ2) is 12.9. The van der Waals surface area contributed by atoms with Crippen molar-refractivity contribution in [2.45, 2.75) is 76.9 Å².